The topological polar surface area (TPSA) is 78.0 Å². The van der Waals surface area contributed by atoms with Crippen LogP contribution in [0.2, 0.25) is 13.1 Å². The Hall–Kier alpha value is -7.42. The highest BCUT2D eigenvalue weighted by atomic mass is 28.3. The molecule has 10 aromatic rings. The summed E-state index contributed by atoms with van der Waals surface area (Å²) >= 11 is 0. The van der Waals surface area contributed by atoms with Crippen molar-refractivity contribution in [2.24, 2.45) is 10.8 Å². The van der Waals surface area contributed by atoms with Gasteiger partial charge in [-0.25, -0.2) is 0 Å². The fourth-order valence-corrected chi connectivity index (χ4v) is 16.5. The van der Waals surface area contributed by atoms with Crippen molar-refractivity contribution in [1.29, 1.82) is 0 Å². The summed E-state index contributed by atoms with van der Waals surface area (Å²) in [5.41, 5.74) is 15.5. The predicted octanol–water partition coefficient (Wildman–Crippen LogP) is 24.6. The Morgan fingerprint density at radius 1 is 0.375 bits per heavy atom. The van der Waals surface area contributed by atoms with Crippen LogP contribution in [0.4, 0.5) is 0 Å². The number of fused-ring (bicyclic) bond motifs is 6. The van der Waals surface area contributed by atoms with Crippen molar-refractivity contribution in [3.05, 3.63) is 172 Å². The molecule has 0 aliphatic rings. The molecule has 0 amide bonds. The molecule has 2 atom stereocenters. The van der Waals surface area contributed by atoms with Gasteiger partial charge in [0, 0.05) is 43.8 Å². The van der Waals surface area contributed by atoms with E-state index in [9.17, 15) is 10.2 Å². The molecule has 0 aliphatic carbocycles. The van der Waals surface area contributed by atoms with E-state index >= 15 is 0 Å². The van der Waals surface area contributed by atoms with E-state index in [2.05, 4.69) is 311 Å². The Bertz CT molecular complexity index is 4470. The fourth-order valence-electron chi connectivity index (χ4n) is 15.0. The Morgan fingerprint density at radius 2 is 0.688 bits per heavy atom. The van der Waals surface area contributed by atoms with Gasteiger partial charge in [0.05, 0.1) is 52.0 Å². The summed E-state index contributed by atoms with van der Waals surface area (Å²) in [6, 6.07) is 48.8. The van der Waals surface area contributed by atoms with Gasteiger partial charge >= 0.3 is 0 Å². The molecule has 8 aromatic carbocycles. The molecule has 10 rings (SSSR count). The molecule has 0 fully saturated rings. The zero-order valence-electron chi connectivity index (χ0n) is 63.8. The van der Waals surface area contributed by atoms with E-state index < -0.39 is 8.07 Å². The Kier molecular flexibility index (Phi) is 18.2. The number of phenols is 2. The van der Waals surface area contributed by atoms with E-state index in [1.807, 2.05) is 18.2 Å². The van der Waals surface area contributed by atoms with Gasteiger partial charge in [-0.2, -0.15) is 0 Å². The lowest BCUT2D eigenvalue weighted by Crippen LogP contribution is -2.54. The molecule has 2 heterocycles. The molecule has 0 spiro atoms. The lowest BCUT2D eigenvalue weighted by atomic mass is 9.71. The van der Waals surface area contributed by atoms with Crippen molar-refractivity contribution in [1.82, 2.24) is 9.13 Å². The number of rotatable bonds is 15. The molecule has 0 radical (unpaired) electrons. The van der Waals surface area contributed by atoms with Crippen LogP contribution in [-0.4, -0.2) is 46.0 Å². The van der Waals surface area contributed by atoms with E-state index in [1.165, 1.54) is 33.0 Å². The number of hydrogen-bond donors (Lipinski definition) is 2. The molecule has 510 valence electrons. The molecule has 0 aliphatic heterocycles. The van der Waals surface area contributed by atoms with E-state index in [4.69, 9.17) is 14.2 Å². The first-order valence-electron chi connectivity index (χ1n) is 35.2. The number of aryl methyl sites for hydroxylation is 1. The molecular formula is C88H114N2O5Si. The first kappa shape index (κ1) is 71.4. The minimum absolute atomic E-state index is 0.00704. The van der Waals surface area contributed by atoms with Gasteiger partial charge in [-0.05, 0) is 213 Å². The summed E-state index contributed by atoms with van der Waals surface area (Å²) in [5.74, 6) is 2.37. The van der Waals surface area contributed by atoms with Gasteiger partial charge in [-0.1, -0.05) is 201 Å². The van der Waals surface area contributed by atoms with Crippen LogP contribution in [0, 0.1) is 17.8 Å². The zero-order chi connectivity index (χ0) is 70.9. The number of benzene rings is 8. The number of ether oxygens (including phenoxy) is 3. The van der Waals surface area contributed by atoms with Crippen LogP contribution in [-0.2, 0) is 32.5 Å². The van der Waals surface area contributed by atoms with Crippen LogP contribution in [0.3, 0.4) is 0 Å². The maximum absolute atomic E-state index is 13.4. The molecule has 8 heteroatoms. The highest BCUT2D eigenvalue weighted by molar-refractivity contribution is 6.79. The molecule has 2 aromatic heterocycles. The molecule has 0 bridgehead atoms. The molecule has 0 unspecified atom stereocenters. The van der Waals surface area contributed by atoms with Crippen molar-refractivity contribution in [2.45, 2.75) is 243 Å². The van der Waals surface area contributed by atoms with Crippen molar-refractivity contribution >= 4 is 51.7 Å². The fraction of sp³-hybridized carbons (Fsp3) is 0.455. The second-order valence-corrected chi connectivity index (χ2v) is 42.1. The van der Waals surface area contributed by atoms with E-state index in [0.717, 1.165) is 84.7 Å². The lowest BCUT2D eigenvalue weighted by molar-refractivity contribution is 0.247. The van der Waals surface area contributed by atoms with Gasteiger partial charge in [0.15, 0.2) is 0 Å². The first-order valence-corrected chi connectivity index (χ1v) is 38.3. The first-order chi connectivity index (χ1) is 44.1. The van der Waals surface area contributed by atoms with Crippen LogP contribution >= 0.6 is 0 Å². The summed E-state index contributed by atoms with van der Waals surface area (Å²) in [7, 11) is -0.941. The van der Waals surface area contributed by atoms with Crippen molar-refractivity contribution < 1.29 is 24.4 Å². The van der Waals surface area contributed by atoms with Crippen molar-refractivity contribution in [3.8, 4) is 62.4 Å². The van der Waals surface area contributed by atoms with Gasteiger partial charge in [0.25, 0.3) is 0 Å². The number of hydrogen-bond acceptors (Lipinski definition) is 5. The largest absolute Gasteiger partial charge is 0.505 e. The smallest absolute Gasteiger partial charge is 0.147 e. The van der Waals surface area contributed by atoms with Crippen LogP contribution in [0.5, 0.6) is 28.7 Å². The van der Waals surface area contributed by atoms with Crippen LogP contribution in [0.25, 0.3) is 77.2 Å². The predicted molar refractivity (Wildman–Crippen MR) is 414 cm³/mol. The molecule has 2 N–H and O–H groups in total. The third-order valence-corrected chi connectivity index (χ3v) is 25.2. The van der Waals surface area contributed by atoms with Gasteiger partial charge in [0.1, 0.15) is 36.8 Å². The average Bonchev–Trinajstić information content (AvgIpc) is 1.54. The Morgan fingerprint density at radius 3 is 0.990 bits per heavy atom. The molecule has 7 nitrogen and oxygen atoms in total. The van der Waals surface area contributed by atoms with E-state index in [-0.39, 0.29) is 66.3 Å². The molecular weight excluding hydrogens is 1190 g/mol. The molecule has 0 saturated heterocycles. The number of nitrogens with zero attached hydrogens (tertiary/aromatic N) is 2. The van der Waals surface area contributed by atoms with Gasteiger partial charge in [-0.15, -0.1) is 0 Å². The summed E-state index contributed by atoms with van der Waals surface area (Å²) in [5, 5.41) is 31.5. The standard InChI is InChI=1S/C88H114N2O5Si/c1-53-29-39-77(67(41-53)69-46-60(87(22,23)51-81(4,5)6)48-75(79(69)91)89-71-35-30-56(83(10,11)12)42-63(71)64-43-57(84(13,14)15)31-36-72(64)89)94-54(2)96(27,28)55(3)95-78-40-34-62(93-26)50-68(78)70-47-61(88(24,25)52-82(7,8)9)49-76(80(70)92)90-73-37-32-58(85(16,17)18)44-65(73)66-45-59(86(19,20)21)33-38-74(66)90/h29-50,54-55,91-92H,51-52H2,1-28H3/t54-,55-/m0/s1. The zero-order valence-corrected chi connectivity index (χ0v) is 64.8. The van der Waals surface area contributed by atoms with Crippen LogP contribution in [0.15, 0.2) is 133 Å². The molecule has 0 saturated carbocycles. The highest BCUT2D eigenvalue weighted by Crippen LogP contribution is 2.52. The summed E-state index contributed by atoms with van der Waals surface area (Å²) in [6.07, 6.45) is 1.82. The Labute approximate surface area is 577 Å². The second-order valence-electron chi connectivity index (χ2n) is 36.8. The minimum Gasteiger partial charge on any atom is -0.505 e. The minimum atomic E-state index is -2.63. The maximum atomic E-state index is 13.4. The highest BCUT2D eigenvalue weighted by Gasteiger charge is 2.41. The quantitative estimate of drug-likeness (QED) is 0.100. The third-order valence-electron chi connectivity index (χ3n) is 20.8. The van der Waals surface area contributed by atoms with Crippen LogP contribution < -0.4 is 14.2 Å². The number of phenolic OH excluding ortho intramolecular Hbond substituents is 2. The third kappa shape index (κ3) is 14.0. The van der Waals surface area contributed by atoms with E-state index in [0.29, 0.717) is 28.5 Å². The number of aromatic nitrogens is 2. The van der Waals surface area contributed by atoms with Gasteiger partial charge < -0.3 is 33.6 Å². The summed E-state index contributed by atoms with van der Waals surface area (Å²) < 4.78 is 25.5. The Balaban J connectivity index is 1.10. The lowest BCUT2D eigenvalue weighted by Gasteiger charge is -2.36. The normalized spacial score (nSPS) is 14.1. The van der Waals surface area contributed by atoms with Gasteiger partial charge in [-0.3, -0.25) is 0 Å². The van der Waals surface area contributed by atoms with E-state index in [1.54, 1.807) is 7.11 Å². The van der Waals surface area contributed by atoms with Gasteiger partial charge in [0.2, 0.25) is 0 Å². The number of methoxy groups -OCH3 is 1. The van der Waals surface area contributed by atoms with Crippen LogP contribution in [0.1, 0.15) is 218 Å². The maximum Gasteiger partial charge on any atom is 0.147 e. The second kappa shape index (κ2) is 24.5. The van der Waals surface area contributed by atoms with Crippen molar-refractivity contribution in [2.75, 3.05) is 7.11 Å². The average molecular weight is 1310 g/mol. The number of aromatic hydroxyl groups is 2. The monoisotopic (exact) mass is 1310 g/mol. The summed E-state index contributed by atoms with van der Waals surface area (Å²) in [4.78, 5) is 0. The summed E-state index contributed by atoms with van der Waals surface area (Å²) in [6.45, 7) is 61.6. The SMILES string of the molecule is COc1ccc(O[C@H](C)[Si](C)(C)[C@@H](C)Oc2ccc(C)cc2-c2cc(C(C)(C)CC(C)(C)C)cc(-n3c4ccc(C(C)(C)C)cc4c4cc(C(C)(C)C)ccc43)c2O)c(-c2cc(C(C)(C)CC(C)(C)C)cc(-n3c4ccc(C(C)(C)C)cc4c4cc(C(C)(C)C)ccc43)c2O)c1. The van der Waals surface area contributed by atoms with Crippen molar-refractivity contribution in [3.63, 3.8) is 0 Å². The molecule has 96 heavy (non-hydrogen) atoms.